The molecule has 1 aromatic heterocycles. The minimum Gasteiger partial charge on any atom is -0.484 e. The van der Waals surface area contributed by atoms with Gasteiger partial charge in [0.2, 0.25) is 0 Å². The van der Waals surface area contributed by atoms with Crippen LogP contribution in [0, 0.1) is 0 Å². The molecule has 1 N–H and O–H groups in total. The van der Waals surface area contributed by atoms with Crippen molar-refractivity contribution in [1.29, 1.82) is 0 Å². The Morgan fingerprint density at radius 1 is 1.42 bits per heavy atom. The highest BCUT2D eigenvalue weighted by Crippen LogP contribution is 2.28. The van der Waals surface area contributed by atoms with E-state index in [0.29, 0.717) is 35.1 Å². The third-order valence-electron chi connectivity index (χ3n) is 3.49. The molecular formula is C15H13ClN2O6. The molecule has 9 heteroatoms. The molecule has 2 heterocycles. The molecule has 1 aliphatic rings. The van der Waals surface area contributed by atoms with Crippen molar-refractivity contribution < 1.29 is 28.7 Å². The van der Waals surface area contributed by atoms with Crippen LogP contribution in [0.25, 0.3) is 0 Å². The number of nitrogens with zero attached hydrogens (tertiary/aromatic N) is 2. The molecule has 0 bridgehead atoms. The van der Waals surface area contributed by atoms with E-state index in [4.69, 9.17) is 26.0 Å². The van der Waals surface area contributed by atoms with Crippen molar-refractivity contribution in [2.24, 2.45) is 0 Å². The number of hydrogen-bond donors (Lipinski definition) is 1. The second-order valence-electron chi connectivity index (χ2n) is 5.07. The van der Waals surface area contributed by atoms with E-state index in [9.17, 15) is 9.59 Å². The topological polar surface area (TPSA) is 102 Å². The molecule has 1 aromatic carbocycles. The molecule has 1 aliphatic heterocycles. The molecule has 0 saturated carbocycles. The van der Waals surface area contributed by atoms with Gasteiger partial charge in [-0.25, -0.2) is 4.79 Å². The summed E-state index contributed by atoms with van der Waals surface area (Å²) in [4.78, 5) is 24.4. The van der Waals surface area contributed by atoms with E-state index in [2.05, 4.69) is 9.89 Å². The van der Waals surface area contributed by atoms with Gasteiger partial charge in [-0.05, 0) is 23.4 Å². The van der Waals surface area contributed by atoms with Crippen molar-refractivity contribution in [3.05, 3.63) is 40.6 Å². The van der Waals surface area contributed by atoms with Crippen LogP contribution >= 0.6 is 11.6 Å². The summed E-state index contributed by atoms with van der Waals surface area (Å²) in [5, 5.41) is 12.8. The molecule has 0 saturated heterocycles. The third-order valence-corrected chi connectivity index (χ3v) is 3.72. The quantitative estimate of drug-likeness (QED) is 0.842. The number of hydrogen-bond acceptors (Lipinski definition) is 6. The fourth-order valence-electron chi connectivity index (χ4n) is 2.35. The number of carboxylic acid groups (broad SMARTS) is 1. The molecular weight excluding hydrogens is 340 g/mol. The summed E-state index contributed by atoms with van der Waals surface area (Å²) < 4.78 is 15.0. The van der Waals surface area contributed by atoms with Crippen LogP contribution in [0.1, 0.15) is 11.3 Å². The first-order valence-electron chi connectivity index (χ1n) is 7.07. The van der Waals surface area contributed by atoms with Gasteiger partial charge >= 0.3 is 6.16 Å². The lowest BCUT2D eigenvalue weighted by Crippen LogP contribution is -2.38. The van der Waals surface area contributed by atoms with Gasteiger partial charge in [-0.3, -0.25) is 4.79 Å². The number of carbonyl (C=O) groups excluding carboxylic acids is 1. The maximum Gasteiger partial charge on any atom is 0.512 e. The number of amides is 1. The predicted molar refractivity (Wildman–Crippen MR) is 81.2 cm³/mol. The van der Waals surface area contributed by atoms with Crippen LogP contribution in [0.5, 0.6) is 11.6 Å². The minimum atomic E-state index is -1.49. The number of ether oxygens (including phenoxy) is 2. The van der Waals surface area contributed by atoms with Gasteiger partial charge in [-0.1, -0.05) is 17.7 Å². The van der Waals surface area contributed by atoms with E-state index in [1.807, 2.05) is 0 Å². The van der Waals surface area contributed by atoms with Crippen LogP contribution in [0.15, 0.2) is 28.8 Å². The van der Waals surface area contributed by atoms with Gasteiger partial charge < -0.3 is 24.0 Å². The number of benzene rings is 1. The van der Waals surface area contributed by atoms with Gasteiger partial charge in [0, 0.05) is 18.0 Å². The van der Waals surface area contributed by atoms with Crippen LogP contribution in [0.2, 0.25) is 5.02 Å². The maximum atomic E-state index is 12.3. The fourth-order valence-corrected chi connectivity index (χ4v) is 2.53. The van der Waals surface area contributed by atoms with Crippen LogP contribution in [-0.2, 0) is 17.8 Å². The molecule has 0 aliphatic carbocycles. The Labute approximate surface area is 141 Å². The summed E-state index contributed by atoms with van der Waals surface area (Å²) >= 11 is 5.86. The van der Waals surface area contributed by atoms with Crippen LogP contribution in [0.3, 0.4) is 0 Å². The standard InChI is InChI=1S/C15H13ClN2O6/c16-9-2-1-3-10(6-9)22-8-13(19)18-5-4-12-11(7-18)14(17-24-12)23-15(20)21/h1-3,6H,4-5,7-8H2,(H,20,21). The first kappa shape index (κ1) is 16.1. The molecule has 2 aromatic rings. The molecule has 24 heavy (non-hydrogen) atoms. The Balaban J connectivity index is 1.63. The van der Waals surface area contributed by atoms with Gasteiger partial charge in [-0.2, -0.15) is 0 Å². The highest BCUT2D eigenvalue weighted by molar-refractivity contribution is 6.30. The van der Waals surface area contributed by atoms with Crippen molar-refractivity contribution in [3.63, 3.8) is 0 Å². The number of halogens is 1. The highest BCUT2D eigenvalue weighted by Gasteiger charge is 2.29. The lowest BCUT2D eigenvalue weighted by molar-refractivity contribution is -0.134. The van der Waals surface area contributed by atoms with Gasteiger partial charge in [-0.15, -0.1) is 0 Å². The number of carbonyl (C=O) groups is 2. The molecule has 3 rings (SSSR count). The smallest absolute Gasteiger partial charge is 0.484 e. The van der Waals surface area contributed by atoms with Crippen molar-refractivity contribution in [2.75, 3.05) is 13.2 Å². The molecule has 1 amide bonds. The van der Waals surface area contributed by atoms with Crippen molar-refractivity contribution in [2.45, 2.75) is 13.0 Å². The fraction of sp³-hybridized carbons (Fsp3) is 0.267. The van der Waals surface area contributed by atoms with Crippen molar-refractivity contribution >= 4 is 23.7 Å². The summed E-state index contributed by atoms with van der Waals surface area (Å²) in [6.07, 6.45) is -1.06. The van der Waals surface area contributed by atoms with Gasteiger partial charge in [0.25, 0.3) is 11.8 Å². The molecule has 0 atom stereocenters. The molecule has 126 valence electrons. The summed E-state index contributed by atoms with van der Waals surface area (Å²) in [7, 11) is 0. The monoisotopic (exact) mass is 352 g/mol. The Hall–Kier alpha value is -2.74. The summed E-state index contributed by atoms with van der Waals surface area (Å²) in [6, 6.07) is 6.74. The Kier molecular flexibility index (Phi) is 4.57. The van der Waals surface area contributed by atoms with E-state index in [1.54, 1.807) is 24.3 Å². The zero-order valence-corrected chi connectivity index (χ0v) is 13.2. The Bertz CT molecular complexity index is 775. The van der Waals surface area contributed by atoms with Crippen LogP contribution in [-0.4, -0.2) is 40.4 Å². The van der Waals surface area contributed by atoms with Gasteiger partial charge in [0.1, 0.15) is 11.5 Å². The Morgan fingerprint density at radius 2 is 2.25 bits per heavy atom. The summed E-state index contributed by atoms with van der Waals surface area (Å²) in [6.45, 7) is 0.418. The summed E-state index contributed by atoms with van der Waals surface area (Å²) in [5.74, 6) is 0.633. The third kappa shape index (κ3) is 3.60. The second kappa shape index (κ2) is 6.79. The lowest BCUT2D eigenvalue weighted by Gasteiger charge is -2.25. The molecule has 0 fully saturated rings. The molecule has 0 radical (unpaired) electrons. The van der Waals surface area contributed by atoms with E-state index in [1.165, 1.54) is 4.90 Å². The maximum absolute atomic E-state index is 12.3. The molecule has 8 nitrogen and oxygen atoms in total. The van der Waals surface area contributed by atoms with E-state index < -0.39 is 6.16 Å². The Morgan fingerprint density at radius 3 is 3.00 bits per heavy atom. The van der Waals surface area contributed by atoms with E-state index in [-0.39, 0.29) is 24.9 Å². The van der Waals surface area contributed by atoms with E-state index in [0.717, 1.165) is 0 Å². The van der Waals surface area contributed by atoms with Crippen LogP contribution in [0.4, 0.5) is 4.79 Å². The molecule has 0 spiro atoms. The van der Waals surface area contributed by atoms with Gasteiger partial charge in [0.15, 0.2) is 6.61 Å². The van der Waals surface area contributed by atoms with Crippen molar-refractivity contribution in [3.8, 4) is 11.6 Å². The zero-order chi connectivity index (χ0) is 17.1. The van der Waals surface area contributed by atoms with Crippen LogP contribution < -0.4 is 9.47 Å². The highest BCUT2D eigenvalue weighted by atomic mass is 35.5. The normalized spacial score (nSPS) is 13.3. The molecule has 0 unspecified atom stereocenters. The zero-order valence-electron chi connectivity index (χ0n) is 12.4. The number of aromatic nitrogens is 1. The average Bonchev–Trinajstić information content (AvgIpc) is 2.94. The first-order chi connectivity index (χ1) is 11.5. The van der Waals surface area contributed by atoms with Crippen molar-refractivity contribution in [1.82, 2.24) is 10.1 Å². The first-order valence-corrected chi connectivity index (χ1v) is 7.45. The SMILES string of the molecule is O=C(O)Oc1noc2c1CN(C(=O)COc1cccc(Cl)c1)CC2. The number of rotatable bonds is 4. The minimum absolute atomic E-state index is 0.134. The largest absolute Gasteiger partial charge is 0.512 e. The van der Waals surface area contributed by atoms with Gasteiger partial charge in [0.05, 0.1) is 12.1 Å². The average molecular weight is 353 g/mol. The lowest BCUT2D eigenvalue weighted by atomic mass is 10.1. The summed E-state index contributed by atoms with van der Waals surface area (Å²) in [5.41, 5.74) is 0.458. The van der Waals surface area contributed by atoms with E-state index >= 15 is 0 Å². The number of fused-ring (bicyclic) bond motifs is 1. The predicted octanol–water partition coefficient (Wildman–Crippen LogP) is 2.35. The second-order valence-corrected chi connectivity index (χ2v) is 5.51.